The lowest BCUT2D eigenvalue weighted by atomic mass is 10.1. The van der Waals surface area contributed by atoms with Crippen molar-refractivity contribution < 1.29 is 17.9 Å². The predicted molar refractivity (Wildman–Crippen MR) is 122 cm³/mol. The second-order valence-electron chi connectivity index (χ2n) is 7.04. The summed E-state index contributed by atoms with van der Waals surface area (Å²) in [6.07, 6.45) is 0.0535. The molecule has 2 aliphatic heterocycles. The van der Waals surface area contributed by atoms with Gasteiger partial charge in [-0.3, -0.25) is 4.79 Å². The number of carbonyl (C=O) groups is 1. The molecule has 2 saturated heterocycles. The van der Waals surface area contributed by atoms with E-state index in [2.05, 4.69) is 4.99 Å². The Kier molecular flexibility index (Phi) is 6.03. The summed E-state index contributed by atoms with van der Waals surface area (Å²) in [6.45, 7) is 0. The molecule has 1 amide bonds. The minimum Gasteiger partial charge on any atom is -0.495 e. The van der Waals surface area contributed by atoms with Gasteiger partial charge in [-0.15, -0.1) is 0 Å². The van der Waals surface area contributed by atoms with Crippen LogP contribution in [0.4, 0.5) is 5.69 Å². The summed E-state index contributed by atoms with van der Waals surface area (Å²) in [4.78, 5) is 18.8. The quantitative estimate of drug-likeness (QED) is 0.655. The maximum absolute atomic E-state index is 12.7. The highest BCUT2D eigenvalue weighted by molar-refractivity contribution is 8.16. The number of carbonyl (C=O) groups excluding carboxylic acids is 1. The van der Waals surface area contributed by atoms with Crippen LogP contribution in [0.1, 0.15) is 5.56 Å². The summed E-state index contributed by atoms with van der Waals surface area (Å²) in [5.41, 5.74) is 1.28. The fourth-order valence-corrected chi connectivity index (χ4v) is 7.94. The fraction of sp³-hybridized carbons (Fsp3) is 0.300. The lowest BCUT2D eigenvalue weighted by Crippen LogP contribution is -2.38. The molecule has 0 spiro atoms. The lowest BCUT2D eigenvalue weighted by molar-refractivity contribution is -0.117. The van der Waals surface area contributed by atoms with E-state index in [1.807, 2.05) is 6.07 Å². The standard InChI is InChI=1S/C20H18Cl2N2O4S2/c1-28-17-7-6-13(21)9-15(17)24-16-10-30(26,27)11-18(16)29-20(24)23-19(25)8-12-4-2-3-5-14(12)22/h2-7,9,16,18H,8,10-11H2,1H3/t16-,18+/m1/s1. The molecule has 4 rings (SSSR count). The number of ether oxygens (including phenoxy) is 1. The normalized spacial score (nSPS) is 23.6. The Balaban J connectivity index is 1.71. The highest BCUT2D eigenvalue weighted by atomic mass is 35.5. The minimum atomic E-state index is -3.18. The first kappa shape index (κ1) is 21.5. The molecule has 158 valence electrons. The molecule has 0 bridgehead atoms. The number of amides is 1. The Morgan fingerprint density at radius 3 is 2.73 bits per heavy atom. The van der Waals surface area contributed by atoms with Crippen LogP contribution in [0.15, 0.2) is 47.5 Å². The maximum atomic E-state index is 12.7. The van der Waals surface area contributed by atoms with Crippen LogP contribution in [0.25, 0.3) is 0 Å². The van der Waals surface area contributed by atoms with E-state index < -0.39 is 9.84 Å². The molecule has 6 nitrogen and oxygen atoms in total. The summed E-state index contributed by atoms with van der Waals surface area (Å²) < 4.78 is 29.9. The number of rotatable bonds is 4. The molecule has 0 radical (unpaired) electrons. The number of sulfone groups is 1. The molecule has 0 unspecified atom stereocenters. The molecule has 2 heterocycles. The monoisotopic (exact) mass is 484 g/mol. The Hall–Kier alpha value is -1.74. The van der Waals surface area contributed by atoms with Gasteiger partial charge in [0.05, 0.1) is 36.8 Å². The maximum Gasteiger partial charge on any atom is 0.252 e. The van der Waals surface area contributed by atoms with Crippen molar-refractivity contribution in [2.45, 2.75) is 17.7 Å². The topological polar surface area (TPSA) is 76.0 Å². The second-order valence-corrected chi connectivity index (χ2v) is 11.2. The molecule has 0 aromatic heterocycles. The number of hydrogen-bond acceptors (Lipinski definition) is 5. The van der Waals surface area contributed by atoms with Crippen molar-refractivity contribution in [2.75, 3.05) is 23.5 Å². The Morgan fingerprint density at radius 1 is 1.23 bits per heavy atom. The van der Waals surface area contributed by atoms with Gasteiger partial charge in [0.2, 0.25) is 0 Å². The van der Waals surface area contributed by atoms with Gasteiger partial charge in [0, 0.05) is 15.3 Å². The third-order valence-corrected chi connectivity index (χ3v) is 8.80. The van der Waals surface area contributed by atoms with Gasteiger partial charge in [0.15, 0.2) is 15.0 Å². The van der Waals surface area contributed by atoms with Crippen LogP contribution in [0.2, 0.25) is 10.0 Å². The number of hydrogen-bond donors (Lipinski definition) is 0. The largest absolute Gasteiger partial charge is 0.495 e. The summed E-state index contributed by atoms with van der Waals surface area (Å²) in [5.74, 6) is 0.188. The Bertz CT molecular complexity index is 1140. The van der Waals surface area contributed by atoms with E-state index in [-0.39, 0.29) is 35.1 Å². The van der Waals surface area contributed by atoms with Crippen molar-refractivity contribution in [2.24, 2.45) is 4.99 Å². The van der Waals surface area contributed by atoms with E-state index in [0.29, 0.717) is 32.2 Å². The van der Waals surface area contributed by atoms with Gasteiger partial charge < -0.3 is 9.64 Å². The summed E-state index contributed by atoms with van der Waals surface area (Å²) in [7, 11) is -1.65. The fourth-order valence-electron chi connectivity index (χ4n) is 3.65. The van der Waals surface area contributed by atoms with Gasteiger partial charge >= 0.3 is 0 Å². The van der Waals surface area contributed by atoms with Crippen molar-refractivity contribution in [3.05, 3.63) is 58.1 Å². The number of halogens is 2. The van der Waals surface area contributed by atoms with Crippen LogP contribution in [0, 0.1) is 0 Å². The predicted octanol–water partition coefficient (Wildman–Crippen LogP) is 3.85. The Labute approximate surface area is 189 Å². The first-order valence-electron chi connectivity index (χ1n) is 9.12. The highest BCUT2D eigenvalue weighted by Crippen LogP contribution is 2.44. The zero-order valence-corrected chi connectivity index (χ0v) is 19.1. The summed E-state index contributed by atoms with van der Waals surface area (Å²) in [5, 5.41) is 1.20. The van der Waals surface area contributed by atoms with Gasteiger partial charge in [-0.05, 0) is 29.8 Å². The van der Waals surface area contributed by atoms with E-state index in [9.17, 15) is 13.2 Å². The van der Waals surface area contributed by atoms with Crippen LogP contribution in [-0.2, 0) is 21.1 Å². The zero-order chi connectivity index (χ0) is 21.5. The third-order valence-electron chi connectivity index (χ3n) is 4.99. The Morgan fingerprint density at radius 2 is 2.00 bits per heavy atom. The highest BCUT2D eigenvalue weighted by Gasteiger charge is 2.50. The van der Waals surface area contributed by atoms with Crippen molar-refractivity contribution in [1.82, 2.24) is 0 Å². The molecule has 2 aromatic carbocycles. The molecule has 10 heteroatoms. The van der Waals surface area contributed by atoms with Gasteiger partial charge in [-0.2, -0.15) is 4.99 Å². The number of anilines is 1. The van der Waals surface area contributed by atoms with E-state index in [1.54, 1.807) is 41.3 Å². The van der Waals surface area contributed by atoms with E-state index in [0.717, 1.165) is 0 Å². The molecule has 2 aliphatic rings. The van der Waals surface area contributed by atoms with Crippen molar-refractivity contribution in [1.29, 1.82) is 0 Å². The average Bonchev–Trinajstić information content (AvgIpc) is 3.14. The number of nitrogens with zero attached hydrogens (tertiary/aromatic N) is 2. The lowest BCUT2D eigenvalue weighted by Gasteiger charge is -2.26. The van der Waals surface area contributed by atoms with E-state index >= 15 is 0 Å². The van der Waals surface area contributed by atoms with E-state index in [4.69, 9.17) is 27.9 Å². The molecule has 2 atom stereocenters. The van der Waals surface area contributed by atoms with Crippen LogP contribution in [0.5, 0.6) is 5.75 Å². The second kappa shape index (κ2) is 8.42. The molecule has 2 fully saturated rings. The van der Waals surface area contributed by atoms with Gasteiger partial charge in [0.1, 0.15) is 5.75 Å². The van der Waals surface area contributed by atoms with Gasteiger partial charge in [-0.1, -0.05) is 53.2 Å². The molecular formula is C20H18Cl2N2O4S2. The number of aliphatic imine (C=N–C) groups is 1. The van der Waals surface area contributed by atoms with E-state index in [1.165, 1.54) is 18.9 Å². The number of thioether (sulfide) groups is 1. The number of methoxy groups -OCH3 is 1. The smallest absolute Gasteiger partial charge is 0.252 e. The van der Waals surface area contributed by atoms with Gasteiger partial charge in [-0.25, -0.2) is 8.42 Å². The van der Waals surface area contributed by atoms with Crippen LogP contribution < -0.4 is 9.64 Å². The first-order valence-corrected chi connectivity index (χ1v) is 12.6. The number of benzene rings is 2. The minimum absolute atomic E-state index is 0.0158. The van der Waals surface area contributed by atoms with Crippen molar-refractivity contribution in [3.8, 4) is 5.75 Å². The molecule has 30 heavy (non-hydrogen) atoms. The summed E-state index contributed by atoms with van der Waals surface area (Å²) >= 11 is 13.7. The van der Waals surface area contributed by atoms with Crippen LogP contribution in [-0.4, -0.2) is 49.4 Å². The number of amidine groups is 1. The molecular weight excluding hydrogens is 467 g/mol. The molecule has 0 saturated carbocycles. The molecule has 2 aromatic rings. The molecule has 0 N–H and O–H groups in total. The summed E-state index contributed by atoms with van der Waals surface area (Å²) in [6, 6.07) is 11.9. The first-order chi connectivity index (χ1) is 14.3. The van der Waals surface area contributed by atoms with Crippen LogP contribution in [0.3, 0.4) is 0 Å². The van der Waals surface area contributed by atoms with Crippen molar-refractivity contribution >= 4 is 61.6 Å². The molecule has 0 aliphatic carbocycles. The van der Waals surface area contributed by atoms with Crippen molar-refractivity contribution in [3.63, 3.8) is 0 Å². The average molecular weight is 485 g/mol. The number of fused-ring (bicyclic) bond motifs is 1. The SMILES string of the molecule is COc1ccc(Cl)cc1N1C(=NC(=O)Cc2ccccc2Cl)S[C@H]2CS(=O)(=O)C[C@H]21. The zero-order valence-electron chi connectivity index (χ0n) is 15.9. The van der Waals surface area contributed by atoms with Gasteiger partial charge in [0.25, 0.3) is 5.91 Å². The van der Waals surface area contributed by atoms with Crippen LogP contribution >= 0.6 is 35.0 Å². The third kappa shape index (κ3) is 4.32.